The molecule has 0 aliphatic heterocycles. The number of nitrogens with one attached hydrogen (secondary N) is 1. The maximum atomic E-state index is 4.79. The molecule has 0 heterocycles. The fourth-order valence-corrected chi connectivity index (χ4v) is 1.30. The van der Waals surface area contributed by atoms with Crippen molar-refractivity contribution in [2.45, 2.75) is 20.8 Å². The first-order chi connectivity index (χ1) is 7.03. The molecule has 1 N–H and O–H groups in total. The van der Waals surface area contributed by atoms with Crippen LogP contribution in [0.3, 0.4) is 0 Å². The summed E-state index contributed by atoms with van der Waals surface area (Å²) in [4.78, 5) is 0. The van der Waals surface area contributed by atoms with Crippen molar-refractivity contribution in [3.8, 4) is 0 Å². The van der Waals surface area contributed by atoms with Gasteiger partial charge < -0.3 is 5.32 Å². The van der Waals surface area contributed by atoms with E-state index in [0.29, 0.717) is 0 Å². The molecule has 1 rings (SSSR count). The Morgan fingerprint density at radius 2 is 1.87 bits per heavy atom. The molecule has 0 bridgehead atoms. The van der Waals surface area contributed by atoms with Crippen LogP contribution in [0, 0.1) is 5.41 Å². The van der Waals surface area contributed by atoms with Crippen LogP contribution >= 0.6 is 12.2 Å². The Hall–Kier alpha value is -1.15. The Balaban J connectivity index is 2.93. The van der Waals surface area contributed by atoms with E-state index in [1.807, 2.05) is 18.2 Å². The summed E-state index contributed by atoms with van der Waals surface area (Å²) in [6.07, 6.45) is 4.32. The Bertz CT molecular complexity index is 361. The number of rotatable bonds is 3. The highest BCUT2D eigenvalue weighted by molar-refractivity contribution is 7.79. The molecule has 0 saturated carbocycles. The van der Waals surface area contributed by atoms with E-state index in [9.17, 15) is 0 Å². The van der Waals surface area contributed by atoms with Crippen LogP contribution in [0.2, 0.25) is 0 Å². The van der Waals surface area contributed by atoms with Gasteiger partial charge >= 0.3 is 0 Å². The van der Waals surface area contributed by atoms with Crippen LogP contribution in [0.4, 0.5) is 5.69 Å². The Labute approximate surface area is 97.2 Å². The molecule has 0 spiro atoms. The lowest BCUT2D eigenvalue weighted by molar-refractivity contribution is 0.547. The molecular formula is C13H17NS. The number of hydrogen-bond donors (Lipinski definition) is 1. The van der Waals surface area contributed by atoms with Crippen LogP contribution in [0.5, 0.6) is 0 Å². The lowest BCUT2D eigenvalue weighted by atomic mass is 9.95. The summed E-state index contributed by atoms with van der Waals surface area (Å²) in [6.45, 7) is 6.54. The van der Waals surface area contributed by atoms with E-state index in [1.54, 1.807) is 0 Å². The highest BCUT2D eigenvalue weighted by Gasteiger charge is 2.04. The first kappa shape index (κ1) is 11.9. The second-order valence-corrected chi connectivity index (χ2v) is 4.78. The molecule has 0 amide bonds. The van der Waals surface area contributed by atoms with Gasteiger partial charge in [0.1, 0.15) is 0 Å². The molecule has 2 heteroatoms. The normalized spacial score (nSPS) is 11.7. The van der Waals surface area contributed by atoms with Gasteiger partial charge in [0, 0.05) is 5.69 Å². The van der Waals surface area contributed by atoms with Crippen LogP contribution in [0.25, 0.3) is 6.08 Å². The van der Waals surface area contributed by atoms with Gasteiger partial charge in [0.2, 0.25) is 0 Å². The highest BCUT2D eigenvalue weighted by atomic mass is 32.1. The van der Waals surface area contributed by atoms with E-state index in [4.69, 9.17) is 12.2 Å². The Kier molecular flexibility index (Phi) is 4.04. The van der Waals surface area contributed by atoms with Crippen LogP contribution < -0.4 is 5.32 Å². The molecule has 1 aromatic rings. The standard InChI is InChI=1S/C13H17NS/c1-13(2,3)9-8-11-6-4-5-7-12(11)14-10-15/h4-10H,1-3H3,(H,14,15)/b9-8-. The van der Waals surface area contributed by atoms with Crippen LogP contribution in [0.1, 0.15) is 26.3 Å². The predicted molar refractivity (Wildman–Crippen MR) is 72.2 cm³/mol. The first-order valence-electron chi connectivity index (χ1n) is 5.01. The van der Waals surface area contributed by atoms with Gasteiger partial charge in [-0.25, -0.2) is 0 Å². The molecule has 1 nitrogen and oxygen atoms in total. The fraction of sp³-hybridized carbons (Fsp3) is 0.308. The second kappa shape index (κ2) is 5.08. The van der Waals surface area contributed by atoms with Gasteiger partial charge in [-0.1, -0.05) is 63.3 Å². The second-order valence-electron chi connectivity index (χ2n) is 4.55. The largest absolute Gasteiger partial charge is 0.352 e. The molecule has 1 aromatic carbocycles. The summed E-state index contributed by atoms with van der Waals surface area (Å²) in [5.74, 6) is 0. The number of para-hydroxylation sites is 1. The average molecular weight is 219 g/mol. The van der Waals surface area contributed by atoms with Gasteiger partial charge in [-0.15, -0.1) is 0 Å². The first-order valence-corrected chi connectivity index (χ1v) is 5.48. The maximum Gasteiger partial charge on any atom is 0.0659 e. The van der Waals surface area contributed by atoms with Crippen molar-refractivity contribution in [3.63, 3.8) is 0 Å². The average Bonchev–Trinajstić information content (AvgIpc) is 2.16. The molecule has 0 unspecified atom stereocenters. The SMILES string of the molecule is CC(C)(C)/C=C\c1ccccc1NC=S. The van der Waals surface area contributed by atoms with E-state index in [-0.39, 0.29) is 5.41 Å². The fourth-order valence-electron chi connectivity index (χ4n) is 1.18. The zero-order valence-corrected chi connectivity index (χ0v) is 10.3. The van der Waals surface area contributed by atoms with Crippen LogP contribution in [-0.2, 0) is 0 Å². The van der Waals surface area contributed by atoms with Crippen molar-refractivity contribution in [1.82, 2.24) is 0 Å². The summed E-state index contributed by atoms with van der Waals surface area (Å²) in [6, 6.07) is 8.11. The van der Waals surface area contributed by atoms with Gasteiger partial charge in [0.25, 0.3) is 0 Å². The molecule has 0 atom stereocenters. The maximum absolute atomic E-state index is 4.79. The quantitative estimate of drug-likeness (QED) is 0.768. The van der Waals surface area contributed by atoms with Crippen molar-refractivity contribution in [2.24, 2.45) is 5.41 Å². The zero-order chi connectivity index (χ0) is 11.3. The summed E-state index contributed by atoms with van der Waals surface area (Å²) >= 11 is 4.79. The van der Waals surface area contributed by atoms with E-state index < -0.39 is 0 Å². The minimum Gasteiger partial charge on any atom is -0.352 e. The number of benzene rings is 1. The smallest absolute Gasteiger partial charge is 0.0659 e. The van der Waals surface area contributed by atoms with Crippen molar-refractivity contribution in [2.75, 3.05) is 5.32 Å². The third kappa shape index (κ3) is 4.26. The van der Waals surface area contributed by atoms with Crippen LogP contribution in [-0.4, -0.2) is 5.49 Å². The van der Waals surface area contributed by atoms with Gasteiger partial charge in [0.05, 0.1) is 5.49 Å². The Morgan fingerprint density at radius 1 is 1.20 bits per heavy atom. The van der Waals surface area contributed by atoms with E-state index in [2.05, 4.69) is 44.3 Å². The molecule has 0 saturated heterocycles. The summed E-state index contributed by atoms with van der Waals surface area (Å²) in [5.41, 5.74) is 3.94. The summed E-state index contributed by atoms with van der Waals surface area (Å²) in [7, 11) is 0. The van der Waals surface area contributed by atoms with Gasteiger partial charge in [-0.2, -0.15) is 0 Å². The van der Waals surface area contributed by atoms with Gasteiger partial charge in [-0.3, -0.25) is 0 Å². The lowest BCUT2D eigenvalue weighted by Crippen LogP contribution is -1.99. The highest BCUT2D eigenvalue weighted by Crippen LogP contribution is 2.21. The minimum atomic E-state index is 0.199. The van der Waals surface area contributed by atoms with Crippen molar-refractivity contribution in [3.05, 3.63) is 35.9 Å². The number of hydrogen-bond acceptors (Lipinski definition) is 1. The van der Waals surface area contributed by atoms with Crippen molar-refractivity contribution < 1.29 is 0 Å². The molecule has 80 valence electrons. The summed E-state index contributed by atoms with van der Waals surface area (Å²) < 4.78 is 0. The minimum absolute atomic E-state index is 0.199. The molecular weight excluding hydrogens is 202 g/mol. The monoisotopic (exact) mass is 219 g/mol. The van der Waals surface area contributed by atoms with E-state index in [0.717, 1.165) is 11.3 Å². The van der Waals surface area contributed by atoms with E-state index >= 15 is 0 Å². The van der Waals surface area contributed by atoms with E-state index in [1.165, 1.54) is 5.49 Å². The Morgan fingerprint density at radius 3 is 2.47 bits per heavy atom. The van der Waals surface area contributed by atoms with Gasteiger partial charge in [-0.05, 0) is 17.0 Å². The molecule has 0 aliphatic rings. The number of allylic oxidation sites excluding steroid dienone is 1. The molecule has 15 heavy (non-hydrogen) atoms. The predicted octanol–water partition coefficient (Wildman–Crippen LogP) is 4.12. The number of anilines is 1. The summed E-state index contributed by atoms with van der Waals surface area (Å²) in [5, 5.41) is 3.05. The third-order valence-electron chi connectivity index (χ3n) is 1.94. The number of thiocarbonyl (C=S) groups is 1. The topological polar surface area (TPSA) is 12.0 Å². The molecule has 0 aliphatic carbocycles. The van der Waals surface area contributed by atoms with Crippen molar-refractivity contribution in [1.29, 1.82) is 0 Å². The molecule has 0 radical (unpaired) electrons. The van der Waals surface area contributed by atoms with Crippen molar-refractivity contribution >= 4 is 29.5 Å². The van der Waals surface area contributed by atoms with Gasteiger partial charge in [0.15, 0.2) is 0 Å². The van der Waals surface area contributed by atoms with Crippen LogP contribution in [0.15, 0.2) is 30.3 Å². The third-order valence-corrected chi connectivity index (χ3v) is 2.06. The lowest BCUT2D eigenvalue weighted by Gasteiger charge is -2.12. The zero-order valence-electron chi connectivity index (χ0n) is 9.45. The molecule has 0 fully saturated rings. The molecule has 0 aromatic heterocycles.